The molecule has 0 spiro atoms. The first kappa shape index (κ1) is 25.7. The Labute approximate surface area is 188 Å². The van der Waals surface area contributed by atoms with Gasteiger partial charge < -0.3 is 9.47 Å². The van der Waals surface area contributed by atoms with Crippen LogP contribution in [-0.2, 0) is 28.7 Å². The Bertz CT molecular complexity index is 933. The van der Waals surface area contributed by atoms with Gasteiger partial charge in [0, 0.05) is 18.7 Å². The lowest BCUT2D eigenvalue weighted by atomic mass is 9.92. The largest absolute Gasteiger partial charge is 0.496 e. The van der Waals surface area contributed by atoms with Crippen LogP contribution in [0.2, 0.25) is 0 Å². The van der Waals surface area contributed by atoms with E-state index >= 15 is 0 Å². The summed E-state index contributed by atoms with van der Waals surface area (Å²) in [6.45, 7) is 10.1. The Morgan fingerprint density at radius 1 is 1.00 bits per heavy atom. The first-order valence-electron chi connectivity index (χ1n) is 10.5. The van der Waals surface area contributed by atoms with Crippen molar-refractivity contribution >= 4 is 5.97 Å². The highest BCUT2D eigenvalue weighted by molar-refractivity contribution is 5.77. The molecule has 0 aromatic heterocycles. The van der Waals surface area contributed by atoms with Gasteiger partial charge in [-0.05, 0) is 52.9 Å². The molecule has 0 aliphatic heterocycles. The molecule has 2 aromatic rings. The first-order valence-corrected chi connectivity index (χ1v) is 10.5. The SMILES string of the molecule is CCN(Cc1cc(C(F)(F)F)ccc1-c1cc(CC(=O)OC)ccc1OC)CC(C)(C)C. The van der Waals surface area contributed by atoms with Gasteiger partial charge in [-0.25, -0.2) is 0 Å². The molecule has 32 heavy (non-hydrogen) atoms. The van der Waals surface area contributed by atoms with Crippen LogP contribution in [0, 0.1) is 5.41 Å². The predicted octanol–water partition coefficient (Wildman–Crippen LogP) is 5.96. The van der Waals surface area contributed by atoms with Gasteiger partial charge in [0.05, 0.1) is 26.2 Å². The van der Waals surface area contributed by atoms with Crippen LogP contribution in [0.25, 0.3) is 11.1 Å². The third-order valence-corrected chi connectivity index (χ3v) is 5.10. The topological polar surface area (TPSA) is 38.8 Å². The molecule has 4 nitrogen and oxygen atoms in total. The van der Waals surface area contributed by atoms with Crippen molar-refractivity contribution in [3.8, 4) is 16.9 Å². The molecule has 2 aromatic carbocycles. The summed E-state index contributed by atoms with van der Waals surface area (Å²) >= 11 is 0. The maximum Gasteiger partial charge on any atom is 0.416 e. The highest BCUT2D eigenvalue weighted by Gasteiger charge is 2.31. The number of hydrogen-bond donors (Lipinski definition) is 0. The van der Waals surface area contributed by atoms with Gasteiger partial charge in [-0.2, -0.15) is 13.2 Å². The van der Waals surface area contributed by atoms with Crippen LogP contribution in [0.4, 0.5) is 13.2 Å². The predicted molar refractivity (Wildman–Crippen MR) is 120 cm³/mol. The second-order valence-electron chi connectivity index (χ2n) is 9.02. The molecule has 0 aliphatic rings. The molecule has 0 fully saturated rings. The second kappa shape index (κ2) is 10.4. The number of benzene rings is 2. The summed E-state index contributed by atoms with van der Waals surface area (Å²) in [7, 11) is 2.83. The highest BCUT2D eigenvalue weighted by Crippen LogP contribution is 2.38. The van der Waals surface area contributed by atoms with Crippen LogP contribution in [-0.4, -0.2) is 38.2 Å². The number of methoxy groups -OCH3 is 2. The minimum atomic E-state index is -4.44. The molecule has 0 amide bonds. The van der Waals surface area contributed by atoms with Crippen LogP contribution in [0.3, 0.4) is 0 Å². The summed E-state index contributed by atoms with van der Waals surface area (Å²) in [5.74, 6) is 0.134. The fraction of sp³-hybridized carbons (Fsp3) is 0.480. The number of halogens is 3. The third kappa shape index (κ3) is 6.99. The van der Waals surface area contributed by atoms with Gasteiger partial charge in [0.1, 0.15) is 5.75 Å². The van der Waals surface area contributed by atoms with Gasteiger partial charge in [0.15, 0.2) is 0 Å². The number of alkyl halides is 3. The van der Waals surface area contributed by atoms with E-state index in [4.69, 9.17) is 9.47 Å². The molecule has 0 saturated carbocycles. The molecule has 0 heterocycles. The molecule has 0 radical (unpaired) electrons. The molecule has 0 N–H and O–H groups in total. The molecule has 176 valence electrons. The number of carbonyl (C=O) groups excluding carboxylic acids is 1. The van der Waals surface area contributed by atoms with Gasteiger partial charge in [-0.15, -0.1) is 0 Å². The van der Waals surface area contributed by atoms with E-state index in [2.05, 4.69) is 25.7 Å². The van der Waals surface area contributed by atoms with Crippen LogP contribution in [0.15, 0.2) is 36.4 Å². The van der Waals surface area contributed by atoms with Gasteiger partial charge in [-0.1, -0.05) is 39.8 Å². The molecule has 0 aliphatic carbocycles. The fourth-order valence-electron chi connectivity index (χ4n) is 3.67. The van der Waals surface area contributed by atoms with Crippen molar-refractivity contribution in [2.75, 3.05) is 27.3 Å². The highest BCUT2D eigenvalue weighted by atomic mass is 19.4. The van der Waals surface area contributed by atoms with E-state index in [0.717, 1.165) is 12.6 Å². The maximum atomic E-state index is 13.5. The van der Waals surface area contributed by atoms with Gasteiger partial charge in [0.2, 0.25) is 0 Å². The number of rotatable bonds is 8. The molecule has 0 saturated heterocycles. The van der Waals surface area contributed by atoms with E-state index < -0.39 is 17.7 Å². The van der Waals surface area contributed by atoms with Crippen molar-refractivity contribution in [2.45, 2.75) is 46.8 Å². The Morgan fingerprint density at radius 2 is 1.69 bits per heavy atom. The average molecular weight is 452 g/mol. The minimum absolute atomic E-state index is 0.00404. The smallest absolute Gasteiger partial charge is 0.416 e. The van der Waals surface area contributed by atoms with Crippen molar-refractivity contribution in [2.24, 2.45) is 5.41 Å². The van der Waals surface area contributed by atoms with E-state index in [1.54, 1.807) is 18.2 Å². The normalized spacial score (nSPS) is 12.2. The summed E-state index contributed by atoms with van der Waals surface area (Å²) in [5.41, 5.74) is 1.85. The third-order valence-electron chi connectivity index (χ3n) is 5.10. The molecule has 0 unspecified atom stereocenters. The summed E-state index contributed by atoms with van der Waals surface area (Å²) < 4.78 is 50.7. The minimum Gasteiger partial charge on any atom is -0.496 e. The molecule has 7 heteroatoms. The standard InChI is InChI=1S/C25H32F3NO3/c1-7-29(16-24(2,3)4)15-18-14-19(25(26,27)28)9-10-20(18)21-12-17(13-23(30)32-6)8-11-22(21)31-5/h8-12,14H,7,13,15-16H2,1-6H3. The zero-order chi connectivity index (χ0) is 24.1. The number of esters is 1. The van der Waals surface area contributed by atoms with E-state index in [9.17, 15) is 18.0 Å². The van der Waals surface area contributed by atoms with Crippen molar-refractivity contribution in [1.82, 2.24) is 4.90 Å². The molecule has 0 atom stereocenters. The average Bonchev–Trinajstić information content (AvgIpc) is 2.71. The first-order chi connectivity index (χ1) is 14.9. The zero-order valence-corrected chi connectivity index (χ0v) is 19.6. The summed E-state index contributed by atoms with van der Waals surface area (Å²) in [5, 5.41) is 0. The van der Waals surface area contributed by atoms with E-state index in [-0.39, 0.29) is 11.8 Å². The molecule has 2 rings (SSSR count). The van der Waals surface area contributed by atoms with E-state index in [1.807, 2.05) is 6.92 Å². The second-order valence-corrected chi connectivity index (χ2v) is 9.02. The van der Waals surface area contributed by atoms with E-state index in [1.165, 1.54) is 26.4 Å². The molecular weight excluding hydrogens is 419 g/mol. The Balaban J connectivity index is 2.61. The number of hydrogen-bond acceptors (Lipinski definition) is 4. The molecule has 0 bridgehead atoms. The van der Waals surface area contributed by atoms with Crippen molar-refractivity contribution in [1.29, 1.82) is 0 Å². The van der Waals surface area contributed by atoms with Crippen LogP contribution < -0.4 is 4.74 Å². The summed E-state index contributed by atoms with van der Waals surface area (Å²) in [6, 6.07) is 9.05. The van der Waals surface area contributed by atoms with Crippen LogP contribution in [0.1, 0.15) is 44.4 Å². The zero-order valence-electron chi connectivity index (χ0n) is 19.6. The van der Waals surface area contributed by atoms with Crippen molar-refractivity contribution in [3.63, 3.8) is 0 Å². The molecular formula is C25H32F3NO3. The van der Waals surface area contributed by atoms with Crippen LogP contribution >= 0.6 is 0 Å². The van der Waals surface area contributed by atoms with Gasteiger partial charge in [0.25, 0.3) is 0 Å². The lowest BCUT2D eigenvalue weighted by molar-refractivity contribution is -0.140. The summed E-state index contributed by atoms with van der Waals surface area (Å²) in [4.78, 5) is 13.9. The van der Waals surface area contributed by atoms with Crippen molar-refractivity contribution in [3.05, 3.63) is 53.1 Å². The van der Waals surface area contributed by atoms with Crippen molar-refractivity contribution < 1.29 is 27.4 Å². The number of carbonyl (C=O) groups is 1. The quantitative estimate of drug-likeness (QED) is 0.464. The fourth-order valence-corrected chi connectivity index (χ4v) is 3.67. The monoisotopic (exact) mass is 451 g/mol. The van der Waals surface area contributed by atoms with Gasteiger partial charge >= 0.3 is 12.1 Å². The van der Waals surface area contributed by atoms with Gasteiger partial charge in [-0.3, -0.25) is 9.69 Å². The maximum absolute atomic E-state index is 13.5. The lowest BCUT2D eigenvalue weighted by Crippen LogP contribution is -2.32. The number of ether oxygens (including phenoxy) is 2. The lowest BCUT2D eigenvalue weighted by Gasteiger charge is -2.30. The Morgan fingerprint density at radius 3 is 2.22 bits per heavy atom. The van der Waals surface area contributed by atoms with E-state index in [0.29, 0.717) is 41.1 Å². The van der Waals surface area contributed by atoms with Crippen LogP contribution in [0.5, 0.6) is 5.75 Å². The Kier molecular flexibility index (Phi) is 8.35. The number of nitrogens with zero attached hydrogens (tertiary/aromatic N) is 1. The Hall–Kier alpha value is -2.54. The summed E-state index contributed by atoms with van der Waals surface area (Å²) in [6.07, 6.45) is -4.38.